The largest absolute Gasteiger partial charge is 0.459 e. The zero-order valence-corrected chi connectivity index (χ0v) is 36.6. The second-order valence-electron chi connectivity index (χ2n) is 21.5. The van der Waals surface area contributed by atoms with Crippen molar-refractivity contribution in [1.29, 1.82) is 0 Å². The molecule has 12 heteroatoms. The quantitative estimate of drug-likeness (QED) is 0.120. The van der Waals surface area contributed by atoms with Crippen molar-refractivity contribution in [2.45, 2.75) is 155 Å². The fourth-order valence-corrected chi connectivity index (χ4v) is 15.7. The Labute approximate surface area is 356 Å². The average molecular weight is 833 g/mol. The molecule has 0 saturated heterocycles. The molecule has 16 atom stereocenters. The number of rotatable bonds is 12. The van der Waals surface area contributed by atoms with E-state index >= 15 is 0 Å². The molecule has 8 aliphatic carbocycles. The molecule has 8 aliphatic rings. The molecule has 8 saturated carbocycles. The van der Waals surface area contributed by atoms with E-state index in [2.05, 4.69) is 38.3 Å². The van der Waals surface area contributed by atoms with Gasteiger partial charge in [0.1, 0.15) is 35.3 Å². The number of carbonyl (C=O) groups excluding carboxylic acids is 6. The Balaban J connectivity index is 1.01. The fraction of sp³-hybridized carbons (Fsp3) is 0.833. The molecule has 12 nitrogen and oxygen atoms in total. The van der Waals surface area contributed by atoms with Gasteiger partial charge in [-0.3, -0.25) is 19.2 Å². The standard InChI is InChI=1S/C48H72N4O8/c1-45-15-13-33-29(31(45)7-9-39(45)55)25-37(53)35-21-27(51-19-5-17-49)23-41(47(33,35)3)59-43(57)11-12-44(58)60-42-24-28(52-20-6-18-50)22-36-38(54)26-30-32-8-10-40(56)46(32,2)16-14-34(30)48(36,42)4/h11-12,27-36,41-42,51-52H,5-10,13-26,49-50H2,1-4H3/b12-11+/t27?,28?,29-,30-,31-,32-,33+,34+,35?,36?,41?,42?,45-,46-,47+,48+/m0/s1. The van der Waals surface area contributed by atoms with E-state index in [1.54, 1.807) is 0 Å². The minimum atomic E-state index is -0.648. The van der Waals surface area contributed by atoms with Crippen LogP contribution in [-0.4, -0.2) is 85.5 Å². The monoisotopic (exact) mass is 833 g/mol. The maximum Gasteiger partial charge on any atom is 0.331 e. The maximum atomic E-state index is 14.2. The zero-order chi connectivity index (χ0) is 42.8. The van der Waals surface area contributed by atoms with Gasteiger partial charge >= 0.3 is 11.9 Å². The molecule has 332 valence electrons. The summed E-state index contributed by atoms with van der Waals surface area (Å²) in [5.41, 5.74) is 9.61. The molecule has 0 aromatic carbocycles. The first-order valence-electron chi connectivity index (χ1n) is 23.7. The smallest absolute Gasteiger partial charge is 0.331 e. The van der Waals surface area contributed by atoms with Crippen molar-refractivity contribution >= 4 is 35.1 Å². The van der Waals surface area contributed by atoms with E-state index < -0.39 is 45.8 Å². The van der Waals surface area contributed by atoms with Crippen molar-refractivity contribution in [1.82, 2.24) is 10.6 Å². The summed E-state index contributed by atoms with van der Waals surface area (Å²) >= 11 is 0. The number of ketones is 4. The van der Waals surface area contributed by atoms with E-state index in [1.807, 2.05) is 0 Å². The first-order valence-corrected chi connectivity index (χ1v) is 23.7. The van der Waals surface area contributed by atoms with Gasteiger partial charge in [-0.25, -0.2) is 9.59 Å². The molecule has 0 aliphatic heterocycles. The highest BCUT2D eigenvalue weighted by molar-refractivity contribution is 5.92. The number of ether oxygens (including phenoxy) is 2. The molecule has 0 aromatic rings. The lowest BCUT2D eigenvalue weighted by atomic mass is 9.44. The summed E-state index contributed by atoms with van der Waals surface area (Å²) in [5.74, 6) is -0.109. The predicted molar refractivity (Wildman–Crippen MR) is 225 cm³/mol. The Bertz CT molecular complexity index is 1640. The predicted octanol–water partition coefficient (Wildman–Crippen LogP) is 4.78. The SMILES string of the molecule is C[C@]12C(OC(=O)/C=C/C(=O)OC3CC(NCCCN)CC4C(=O)C[C@@H]5[C@@H](CC[C@]6(C)C(=O)CC[C@@H]56)[C@@]34C)CC(NCCCN)CC1C(=O)C[C@@H]1[C@H]2CC[C@]2(C)C(=O)CC[C@@H]12. The van der Waals surface area contributed by atoms with Gasteiger partial charge in [0, 0.05) is 96.3 Å². The van der Waals surface area contributed by atoms with Crippen LogP contribution in [0.25, 0.3) is 0 Å². The van der Waals surface area contributed by atoms with Crippen LogP contribution in [0.4, 0.5) is 0 Å². The summed E-state index contributed by atoms with van der Waals surface area (Å²) < 4.78 is 12.8. The third-order valence-electron chi connectivity index (χ3n) is 19.0. The van der Waals surface area contributed by atoms with Gasteiger partial charge in [-0.05, 0) is 126 Å². The van der Waals surface area contributed by atoms with Crippen LogP contribution >= 0.6 is 0 Å². The number of Topliss-reactive ketones (excluding diaryl/α,β-unsaturated/α-hetero) is 4. The van der Waals surface area contributed by atoms with Crippen molar-refractivity contribution in [2.24, 2.45) is 80.5 Å². The Morgan fingerprint density at radius 3 is 1.40 bits per heavy atom. The fourth-order valence-electron chi connectivity index (χ4n) is 15.7. The van der Waals surface area contributed by atoms with Crippen molar-refractivity contribution < 1.29 is 38.2 Å². The van der Waals surface area contributed by atoms with Crippen LogP contribution in [0.15, 0.2) is 12.2 Å². The number of carbonyl (C=O) groups is 6. The molecule has 0 spiro atoms. The Morgan fingerprint density at radius 2 is 1.02 bits per heavy atom. The minimum absolute atomic E-state index is 0.0304. The number of nitrogens with two attached hydrogens (primary N) is 2. The number of esters is 2. The van der Waals surface area contributed by atoms with Crippen LogP contribution in [0.3, 0.4) is 0 Å². The second-order valence-corrected chi connectivity index (χ2v) is 21.5. The van der Waals surface area contributed by atoms with Crippen LogP contribution in [0.1, 0.15) is 130 Å². The van der Waals surface area contributed by atoms with Gasteiger partial charge in [0.05, 0.1) is 0 Å². The van der Waals surface area contributed by atoms with E-state index in [4.69, 9.17) is 20.9 Å². The average Bonchev–Trinajstić information content (AvgIpc) is 3.69. The summed E-state index contributed by atoms with van der Waals surface area (Å²) in [4.78, 5) is 82.5. The van der Waals surface area contributed by atoms with Crippen LogP contribution in [0.5, 0.6) is 0 Å². The number of hydrogen-bond acceptors (Lipinski definition) is 12. The lowest BCUT2D eigenvalue weighted by Crippen LogP contribution is -2.64. The van der Waals surface area contributed by atoms with Gasteiger partial charge < -0.3 is 31.6 Å². The molecular formula is C48H72N4O8. The van der Waals surface area contributed by atoms with Crippen LogP contribution in [0, 0.1) is 69.0 Å². The molecule has 8 fully saturated rings. The molecule has 0 heterocycles. The molecule has 6 N–H and O–H groups in total. The van der Waals surface area contributed by atoms with Crippen molar-refractivity contribution in [3.8, 4) is 0 Å². The van der Waals surface area contributed by atoms with Crippen molar-refractivity contribution in [3.63, 3.8) is 0 Å². The summed E-state index contributed by atoms with van der Waals surface area (Å²) in [5, 5.41) is 7.17. The first kappa shape index (κ1) is 43.8. The maximum absolute atomic E-state index is 14.2. The van der Waals surface area contributed by atoms with Crippen molar-refractivity contribution in [2.75, 3.05) is 26.2 Å². The Hall–Kier alpha value is -2.80. The molecule has 60 heavy (non-hydrogen) atoms. The highest BCUT2D eigenvalue weighted by Crippen LogP contribution is 2.67. The number of nitrogens with one attached hydrogen (secondary N) is 2. The molecule has 0 amide bonds. The number of hydrogen-bond donors (Lipinski definition) is 4. The van der Waals surface area contributed by atoms with Gasteiger partial charge in [0.15, 0.2) is 0 Å². The molecule has 0 aromatic heterocycles. The van der Waals surface area contributed by atoms with E-state index in [1.165, 1.54) is 12.2 Å². The van der Waals surface area contributed by atoms with Gasteiger partial charge in [0.25, 0.3) is 0 Å². The second kappa shape index (κ2) is 16.7. The summed E-state index contributed by atoms with van der Waals surface area (Å²) in [6.45, 7) is 11.0. The van der Waals surface area contributed by atoms with E-state index in [0.29, 0.717) is 89.1 Å². The van der Waals surface area contributed by atoms with Crippen LogP contribution in [-0.2, 0) is 38.2 Å². The summed E-state index contributed by atoms with van der Waals surface area (Å²) in [6, 6.07) is -0.0607. The molecule has 6 unspecified atom stereocenters. The summed E-state index contributed by atoms with van der Waals surface area (Å²) in [7, 11) is 0. The molecule has 0 bridgehead atoms. The van der Waals surface area contributed by atoms with Gasteiger partial charge in [-0.1, -0.05) is 27.7 Å². The highest BCUT2D eigenvalue weighted by Gasteiger charge is 2.67. The Morgan fingerprint density at radius 1 is 0.617 bits per heavy atom. The number of fused-ring (bicyclic) bond motifs is 10. The third kappa shape index (κ3) is 7.19. The third-order valence-corrected chi connectivity index (χ3v) is 19.0. The van der Waals surface area contributed by atoms with Crippen LogP contribution < -0.4 is 22.1 Å². The topological polar surface area (TPSA) is 197 Å². The minimum Gasteiger partial charge on any atom is -0.459 e. The van der Waals surface area contributed by atoms with Crippen LogP contribution in [0.2, 0.25) is 0 Å². The zero-order valence-electron chi connectivity index (χ0n) is 36.6. The van der Waals surface area contributed by atoms with E-state index in [9.17, 15) is 28.8 Å². The lowest BCUT2D eigenvalue weighted by molar-refractivity contribution is -0.192. The lowest BCUT2D eigenvalue weighted by Gasteiger charge is -2.61. The molecule has 8 rings (SSSR count). The van der Waals surface area contributed by atoms with Crippen molar-refractivity contribution in [3.05, 3.63) is 12.2 Å². The highest BCUT2D eigenvalue weighted by atomic mass is 16.6. The van der Waals surface area contributed by atoms with E-state index in [-0.39, 0.29) is 71.0 Å². The molecule has 0 radical (unpaired) electrons. The van der Waals surface area contributed by atoms with Gasteiger partial charge in [-0.2, -0.15) is 0 Å². The van der Waals surface area contributed by atoms with Gasteiger partial charge in [-0.15, -0.1) is 0 Å². The van der Waals surface area contributed by atoms with E-state index in [0.717, 1.165) is 51.4 Å². The summed E-state index contributed by atoms with van der Waals surface area (Å²) in [6.07, 6.45) is 12.1. The normalized spacial score (nSPS) is 45.9. The Kier molecular flexibility index (Phi) is 12.2. The van der Waals surface area contributed by atoms with Gasteiger partial charge in [0.2, 0.25) is 0 Å². The molecular weight excluding hydrogens is 761 g/mol. The first-order chi connectivity index (χ1) is 28.6.